The van der Waals surface area contributed by atoms with Crippen molar-refractivity contribution >= 4 is 16.8 Å². The minimum Gasteiger partial charge on any atom is -0.361 e. The lowest BCUT2D eigenvalue weighted by atomic mass is 10.1. The maximum Gasteiger partial charge on any atom is 0.254 e. The molecular formula is C17H18N4O. The first-order valence-electron chi connectivity index (χ1n) is 7.58. The summed E-state index contributed by atoms with van der Waals surface area (Å²) in [5, 5.41) is 5.37. The molecule has 5 nitrogen and oxygen atoms in total. The minimum atomic E-state index is 0.108. The van der Waals surface area contributed by atoms with Crippen LogP contribution < -0.4 is 0 Å². The summed E-state index contributed by atoms with van der Waals surface area (Å²) >= 11 is 0. The summed E-state index contributed by atoms with van der Waals surface area (Å²) < 4.78 is 1.99. The summed E-state index contributed by atoms with van der Waals surface area (Å²) in [6, 6.07) is 8.07. The van der Waals surface area contributed by atoms with Crippen molar-refractivity contribution < 1.29 is 4.79 Å². The van der Waals surface area contributed by atoms with Crippen LogP contribution in [0.5, 0.6) is 0 Å². The van der Waals surface area contributed by atoms with E-state index in [4.69, 9.17) is 0 Å². The van der Waals surface area contributed by atoms with Gasteiger partial charge >= 0.3 is 0 Å². The molecule has 0 aliphatic carbocycles. The van der Waals surface area contributed by atoms with Gasteiger partial charge in [-0.2, -0.15) is 5.10 Å². The molecule has 22 heavy (non-hydrogen) atoms. The molecule has 1 unspecified atom stereocenters. The van der Waals surface area contributed by atoms with E-state index in [1.165, 1.54) is 0 Å². The molecule has 1 atom stereocenters. The first kappa shape index (κ1) is 13.1. The van der Waals surface area contributed by atoms with Crippen molar-refractivity contribution in [3.05, 3.63) is 54.0 Å². The van der Waals surface area contributed by atoms with E-state index >= 15 is 0 Å². The molecule has 0 spiro atoms. The summed E-state index contributed by atoms with van der Waals surface area (Å²) in [5.41, 5.74) is 2.93. The molecule has 4 rings (SSSR count). The summed E-state index contributed by atoms with van der Waals surface area (Å²) in [6.45, 7) is 3.54. The Morgan fingerprint density at radius 1 is 1.36 bits per heavy atom. The Kier molecular flexibility index (Phi) is 2.99. The van der Waals surface area contributed by atoms with Crippen molar-refractivity contribution in [2.24, 2.45) is 0 Å². The van der Waals surface area contributed by atoms with Crippen molar-refractivity contribution in [2.75, 3.05) is 13.1 Å². The van der Waals surface area contributed by atoms with E-state index < -0.39 is 0 Å². The fourth-order valence-corrected chi connectivity index (χ4v) is 3.22. The molecule has 1 fully saturated rings. The molecule has 0 bridgehead atoms. The molecule has 1 N–H and O–H groups in total. The molecule has 3 aromatic rings. The quantitative estimate of drug-likeness (QED) is 0.790. The Morgan fingerprint density at radius 2 is 2.27 bits per heavy atom. The summed E-state index contributed by atoms with van der Waals surface area (Å²) in [7, 11) is 0. The average Bonchev–Trinajstić information content (AvgIpc) is 3.25. The highest BCUT2D eigenvalue weighted by Crippen LogP contribution is 2.25. The number of aromatic amines is 1. The van der Waals surface area contributed by atoms with Crippen molar-refractivity contribution in [3.8, 4) is 0 Å². The topological polar surface area (TPSA) is 53.9 Å². The van der Waals surface area contributed by atoms with Gasteiger partial charge in [-0.05, 0) is 37.1 Å². The number of nitrogens with one attached hydrogen (secondary N) is 1. The molecular weight excluding hydrogens is 276 g/mol. The number of fused-ring (bicyclic) bond motifs is 1. The zero-order chi connectivity index (χ0) is 15.1. The molecule has 112 valence electrons. The largest absolute Gasteiger partial charge is 0.361 e. The molecule has 0 saturated carbocycles. The standard InChI is InChI=1S/C17H18N4O/c1-12-9-19-21(10-12)13-6-8-20(11-13)17(22)15-3-2-4-16-14(15)5-7-18-16/h2-5,7,9-10,13,18H,6,8,11H2,1H3. The second-order valence-corrected chi connectivity index (χ2v) is 5.94. The number of nitrogens with zero attached hydrogens (tertiary/aromatic N) is 3. The molecule has 1 amide bonds. The van der Waals surface area contributed by atoms with E-state index in [1.807, 2.05) is 59.4 Å². The molecule has 2 aromatic heterocycles. The fourth-order valence-electron chi connectivity index (χ4n) is 3.22. The first-order chi connectivity index (χ1) is 10.7. The van der Waals surface area contributed by atoms with Gasteiger partial charge in [0.05, 0.1) is 12.2 Å². The van der Waals surface area contributed by atoms with Gasteiger partial charge in [0, 0.05) is 41.9 Å². The number of amides is 1. The third-order valence-corrected chi connectivity index (χ3v) is 4.38. The Morgan fingerprint density at radius 3 is 3.09 bits per heavy atom. The highest BCUT2D eigenvalue weighted by Gasteiger charge is 2.29. The highest BCUT2D eigenvalue weighted by molar-refractivity contribution is 6.06. The van der Waals surface area contributed by atoms with Gasteiger partial charge in [0.15, 0.2) is 0 Å². The van der Waals surface area contributed by atoms with Crippen LogP contribution in [0.4, 0.5) is 0 Å². The normalized spacial score (nSPS) is 18.2. The molecule has 1 aromatic carbocycles. The Bertz CT molecular complexity index is 832. The molecule has 1 saturated heterocycles. The van der Waals surface area contributed by atoms with Gasteiger partial charge in [-0.15, -0.1) is 0 Å². The van der Waals surface area contributed by atoms with E-state index in [-0.39, 0.29) is 11.9 Å². The van der Waals surface area contributed by atoms with Gasteiger partial charge in [-0.1, -0.05) is 6.07 Å². The van der Waals surface area contributed by atoms with Gasteiger partial charge in [0.25, 0.3) is 5.91 Å². The van der Waals surface area contributed by atoms with Crippen LogP contribution in [0.3, 0.4) is 0 Å². The molecule has 1 aliphatic heterocycles. The number of hydrogen-bond acceptors (Lipinski definition) is 2. The third-order valence-electron chi connectivity index (χ3n) is 4.38. The summed E-state index contributed by atoms with van der Waals surface area (Å²) in [4.78, 5) is 17.9. The molecule has 5 heteroatoms. The maximum atomic E-state index is 12.8. The van der Waals surface area contributed by atoms with E-state index in [0.717, 1.165) is 41.5 Å². The summed E-state index contributed by atoms with van der Waals surface area (Å²) in [6.07, 6.45) is 6.74. The Balaban J connectivity index is 1.58. The van der Waals surface area contributed by atoms with Crippen LogP contribution in [0.2, 0.25) is 0 Å². The van der Waals surface area contributed by atoms with Crippen LogP contribution in [-0.4, -0.2) is 38.7 Å². The van der Waals surface area contributed by atoms with E-state index in [2.05, 4.69) is 10.1 Å². The number of aryl methyl sites for hydroxylation is 1. The highest BCUT2D eigenvalue weighted by atomic mass is 16.2. The number of H-pyrrole nitrogens is 1. The van der Waals surface area contributed by atoms with Gasteiger partial charge in [0.2, 0.25) is 0 Å². The number of aromatic nitrogens is 3. The number of carbonyl (C=O) groups is 1. The van der Waals surface area contributed by atoms with Gasteiger partial charge < -0.3 is 9.88 Å². The van der Waals surface area contributed by atoms with Crippen LogP contribution in [0.25, 0.3) is 10.9 Å². The maximum absolute atomic E-state index is 12.8. The fraction of sp³-hybridized carbons (Fsp3) is 0.294. The lowest BCUT2D eigenvalue weighted by molar-refractivity contribution is 0.0789. The first-order valence-corrected chi connectivity index (χ1v) is 7.58. The molecule has 1 aliphatic rings. The number of benzene rings is 1. The van der Waals surface area contributed by atoms with E-state index in [0.29, 0.717) is 0 Å². The van der Waals surface area contributed by atoms with Crippen molar-refractivity contribution in [3.63, 3.8) is 0 Å². The lowest BCUT2D eigenvalue weighted by Crippen LogP contribution is -2.29. The second-order valence-electron chi connectivity index (χ2n) is 5.94. The van der Waals surface area contributed by atoms with Gasteiger partial charge in [-0.25, -0.2) is 0 Å². The predicted molar refractivity (Wildman–Crippen MR) is 84.8 cm³/mol. The average molecular weight is 294 g/mol. The van der Waals surface area contributed by atoms with Crippen LogP contribution in [0.1, 0.15) is 28.4 Å². The number of likely N-dealkylation sites (tertiary alicyclic amines) is 1. The lowest BCUT2D eigenvalue weighted by Gasteiger charge is -2.17. The Labute approximate surface area is 128 Å². The van der Waals surface area contributed by atoms with Crippen molar-refractivity contribution in [2.45, 2.75) is 19.4 Å². The zero-order valence-corrected chi connectivity index (χ0v) is 12.5. The van der Waals surface area contributed by atoms with Gasteiger partial charge in [0.1, 0.15) is 0 Å². The third kappa shape index (κ3) is 2.09. The Hall–Kier alpha value is -2.56. The predicted octanol–water partition coefficient (Wildman–Crippen LogP) is 2.76. The van der Waals surface area contributed by atoms with Crippen molar-refractivity contribution in [1.29, 1.82) is 0 Å². The number of rotatable bonds is 2. The van der Waals surface area contributed by atoms with Crippen LogP contribution in [-0.2, 0) is 0 Å². The SMILES string of the molecule is Cc1cnn(C2CCN(C(=O)c3cccc4[nH]ccc34)C2)c1. The van der Waals surface area contributed by atoms with Gasteiger partial charge in [-0.3, -0.25) is 9.48 Å². The second kappa shape index (κ2) is 5.02. The van der Waals surface area contributed by atoms with Crippen LogP contribution >= 0.6 is 0 Å². The monoisotopic (exact) mass is 294 g/mol. The summed E-state index contributed by atoms with van der Waals surface area (Å²) in [5.74, 6) is 0.108. The van der Waals surface area contributed by atoms with Crippen molar-refractivity contribution in [1.82, 2.24) is 19.7 Å². The van der Waals surface area contributed by atoms with E-state index in [1.54, 1.807) is 0 Å². The van der Waals surface area contributed by atoms with Crippen LogP contribution in [0.15, 0.2) is 42.9 Å². The number of carbonyl (C=O) groups excluding carboxylic acids is 1. The smallest absolute Gasteiger partial charge is 0.254 e. The van der Waals surface area contributed by atoms with E-state index in [9.17, 15) is 4.79 Å². The molecule has 0 radical (unpaired) electrons. The molecule has 3 heterocycles. The minimum absolute atomic E-state index is 0.108. The number of hydrogen-bond donors (Lipinski definition) is 1. The zero-order valence-electron chi connectivity index (χ0n) is 12.5. The van der Waals surface area contributed by atoms with Crippen LogP contribution in [0, 0.1) is 6.92 Å².